The van der Waals surface area contributed by atoms with Crippen molar-refractivity contribution in [1.29, 1.82) is 0 Å². The summed E-state index contributed by atoms with van der Waals surface area (Å²) in [5.74, 6) is 1.72. The van der Waals surface area contributed by atoms with Crippen molar-refractivity contribution in [2.75, 3.05) is 38.2 Å². The van der Waals surface area contributed by atoms with Crippen molar-refractivity contribution in [3.8, 4) is 11.5 Å². The number of fused-ring (bicyclic) bond motifs is 1. The van der Waals surface area contributed by atoms with E-state index in [9.17, 15) is 14.9 Å². The van der Waals surface area contributed by atoms with E-state index in [4.69, 9.17) is 9.47 Å². The molecular weight excluding hydrogens is 398 g/mol. The van der Waals surface area contributed by atoms with Gasteiger partial charge in [-0.25, -0.2) is 0 Å². The number of piperidine rings is 1. The zero-order valence-electron chi connectivity index (χ0n) is 17.8. The number of non-ortho nitro benzene ring substituents is 1. The number of anilines is 1. The molecule has 1 atom stereocenters. The molecule has 31 heavy (non-hydrogen) atoms. The Labute approximate surface area is 181 Å². The lowest BCUT2D eigenvalue weighted by Crippen LogP contribution is -2.42. The van der Waals surface area contributed by atoms with Gasteiger partial charge in [-0.15, -0.1) is 0 Å². The number of nitro benzene ring substituents is 1. The molecule has 0 spiro atoms. The SMILES string of the molecule is CC1CCN(c2ccc([N+](=O)[O-])cc2C(=O)N(C)C[C@@H]2COc3ccccc3O2)CC1. The van der Waals surface area contributed by atoms with E-state index >= 15 is 0 Å². The lowest BCUT2D eigenvalue weighted by Gasteiger charge is -2.34. The third-order valence-corrected chi connectivity index (χ3v) is 5.94. The molecule has 2 heterocycles. The number of ether oxygens (including phenoxy) is 2. The van der Waals surface area contributed by atoms with Gasteiger partial charge in [-0.3, -0.25) is 14.9 Å². The van der Waals surface area contributed by atoms with Crippen LogP contribution in [-0.4, -0.2) is 55.1 Å². The smallest absolute Gasteiger partial charge is 0.270 e. The van der Waals surface area contributed by atoms with Gasteiger partial charge in [-0.05, 0) is 37.0 Å². The Morgan fingerprint density at radius 2 is 1.90 bits per heavy atom. The monoisotopic (exact) mass is 425 g/mol. The van der Waals surface area contributed by atoms with Crippen LogP contribution in [-0.2, 0) is 0 Å². The van der Waals surface area contributed by atoms with Crippen molar-refractivity contribution >= 4 is 17.3 Å². The minimum atomic E-state index is -0.464. The Morgan fingerprint density at radius 3 is 2.61 bits per heavy atom. The van der Waals surface area contributed by atoms with E-state index in [1.165, 1.54) is 12.1 Å². The fraction of sp³-hybridized carbons (Fsp3) is 0.435. The van der Waals surface area contributed by atoms with Crippen LogP contribution in [0.3, 0.4) is 0 Å². The molecule has 4 rings (SSSR count). The van der Waals surface area contributed by atoms with E-state index in [0.717, 1.165) is 31.6 Å². The van der Waals surface area contributed by atoms with E-state index in [0.29, 0.717) is 36.1 Å². The molecule has 0 N–H and O–H groups in total. The molecule has 0 saturated carbocycles. The molecule has 1 saturated heterocycles. The van der Waals surface area contributed by atoms with Gasteiger partial charge in [0.2, 0.25) is 0 Å². The maximum absolute atomic E-state index is 13.3. The van der Waals surface area contributed by atoms with Crippen LogP contribution in [0.1, 0.15) is 30.1 Å². The first kappa shape index (κ1) is 21.0. The highest BCUT2D eigenvalue weighted by molar-refractivity contribution is 6.00. The minimum absolute atomic E-state index is 0.0861. The summed E-state index contributed by atoms with van der Waals surface area (Å²) < 4.78 is 11.7. The molecule has 8 heteroatoms. The molecule has 2 aromatic rings. The van der Waals surface area contributed by atoms with Crippen molar-refractivity contribution in [2.45, 2.75) is 25.9 Å². The summed E-state index contributed by atoms with van der Waals surface area (Å²) in [6.07, 6.45) is 1.75. The fourth-order valence-electron chi connectivity index (χ4n) is 4.08. The molecule has 2 aliphatic rings. The lowest BCUT2D eigenvalue weighted by molar-refractivity contribution is -0.384. The summed E-state index contributed by atoms with van der Waals surface area (Å²) in [6, 6.07) is 12.0. The molecule has 0 aliphatic carbocycles. The highest BCUT2D eigenvalue weighted by Gasteiger charge is 2.28. The zero-order chi connectivity index (χ0) is 22.0. The predicted octanol–water partition coefficient (Wildman–Crippen LogP) is 3.74. The lowest BCUT2D eigenvalue weighted by atomic mass is 9.97. The van der Waals surface area contributed by atoms with Crippen molar-refractivity contribution in [3.63, 3.8) is 0 Å². The van der Waals surface area contributed by atoms with E-state index in [1.54, 1.807) is 18.0 Å². The van der Waals surface area contributed by atoms with Gasteiger partial charge in [0.15, 0.2) is 17.6 Å². The van der Waals surface area contributed by atoms with Crippen molar-refractivity contribution < 1.29 is 19.2 Å². The summed E-state index contributed by atoms with van der Waals surface area (Å²) in [7, 11) is 1.69. The average molecular weight is 425 g/mol. The molecular formula is C23H27N3O5. The van der Waals surface area contributed by atoms with Gasteiger partial charge in [0.25, 0.3) is 11.6 Å². The maximum Gasteiger partial charge on any atom is 0.270 e. The number of nitro groups is 1. The highest BCUT2D eigenvalue weighted by Crippen LogP contribution is 2.32. The quantitative estimate of drug-likeness (QED) is 0.536. The second kappa shape index (κ2) is 8.83. The van der Waals surface area contributed by atoms with Crippen molar-refractivity contribution in [3.05, 3.63) is 58.1 Å². The number of likely N-dealkylation sites (N-methyl/N-ethyl adjacent to an activating group) is 1. The largest absolute Gasteiger partial charge is 0.486 e. The molecule has 0 unspecified atom stereocenters. The first-order valence-electron chi connectivity index (χ1n) is 10.6. The van der Waals surface area contributed by atoms with Crippen LogP contribution < -0.4 is 14.4 Å². The van der Waals surface area contributed by atoms with Crippen LogP contribution in [0.5, 0.6) is 11.5 Å². The van der Waals surface area contributed by atoms with Crippen LogP contribution >= 0.6 is 0 Å². The number of para-hydroxylation sites is 2. The number of carbonyl (C=O) groups excluding carboxylic acids is 1. The molecule has 0 aromatic heterocycles. The summed E-state index contributed by atoms with van der Waals surface area (Å²) in [6.45, 7) is 4.53. The van der Waals surface area contributed by atoms with E-state index < -0.39 is 4.92 Å². The number of carbonyl (C=O) groups is 1. The zero-order valence-corrected chi connectivity index (χ0v) is 17.8. The number of amides is 1. The Kier molecular flexibility index (Phi) is 5.97. The third kappa shape index (κ3) is 4.57. The van der Waals surface area contributed by atoms with Gasteiger partial charge in [-0.2, -0.15) is 0 Å². The van der Waals surface area contributed by atoms with E-state index in [2.05, 4.69) is 11.8 Å². The topological polar surface area (TPSA) is 85.2 Å². The number of hydrogen-bond acceptors (Lipinski definition) is 6. The molecule has 0 bridgehead atoms. The Morgan fingerprint density at radius 1 is 1.19 bits per heavy atom. The van der Waals surface area contributed by atoms with Gasteiger partial charge in [0.1, 0.15) is 6.61 Å². The summed E-state index contributed by atoms with van der Waals surface area (Å²) in [4.78, 5) is 27.9. The van der Waals surface area contributed by atoms with E-state index in [1.807, 2.05) is 24.3 Å². The van der Waals surface area contributed by atoms with Gasteiger partial charge >= 0.3 is 0 Å². The van der Waals surface area contributed by atoms with Crippen LogP contribution in [0.4, 0.5) is 11.4 Å². The highest BCUT2D eigenvalue weighted by atomic mass is 16.6. The van der Waals surface area contributed by atoms with Crippen LogP contribution in [0.25, 0.3) is 0 Å². The molecule has 8 nitrogen and oxygen atoms in total. The Hall–Kier alpha value is -3.29. The number of hydrogen-bond donors (Lipinski definition) is 0. The number of rotatable bonds is 5. The van der Waals surface area contributed by atoms with Crippen LogP contribution in [0.15, 0.2) is 42.5 Å². The van der Waals surface area contributed by atoms with Gasteiger partial charge in [0, 0.05) is 32.3 Å². The summed E-state index contributed by atoms with van der Waals surface area (Å²) in [5.41, 5.74) is 1.01. The minimum Gasteiger partial charge on any atom is -0.486 e. The first-order valence-corrected chi connectivity index (χ1v) is 10.6. The van der Waals surface area contributed by atoms with Gasteiger partial charge in [-0.1, -0.05) is 19.1 Å². The van der Waals surface area contributed by atoms with Gasteiger partial charge < -0.3 is 19.3 Å². The molecule has 0 radical (unpaired) electrons. The van der Waals surface area contributed by atoms with Gasteiger partial charge in [0.05, 0.1) is 22.7 Å². The molecule has 1 amide bonds. The normalized spacial score (nSPS) is 18.5. The van der Waals surface area contributed by atoms with Crippen LogP contribution in [0, 0.1) is 16.0 Å². The predicted molar refractivity (Wildman–Crippen MR) is 117 cm³/mol. The number of benzene rings is 2. The molecule has 1 fully saturated rings. The standard InChI is InChI=1S/C23H27N3O5/c1-16-9-11-25(12-10-16)20-8-7-17(26(28)29)13-19(20)23(27)24(2)14-18-15-30-21-5-3-4-6-22(21)31-18/h3-8,13,16,18H,9-12,14-15H2,1-2H3/t18-/m1/s1. The molecule has 2 aromatic carbocycles. The first-order chi connectivity index (χ1) is 14.9. The average Bonchev–Trinajstić information content (AvgIpc) is 2.78. The van der Waals surface area contributed by atoms with E-state index in [-0.39, 0.29) is 17.7 Å². The van der Waals surface area contributed by atoms with Crippen molar-refractivity contribution in [2.24, 2.45) is 5.92 Å². The maximum atomic E-state index is 13.3. The third-order valence-electron chi connectivity index (χ3n) is 5.94. The summed E-state index contributed by atoms with van der Waals surface area (Å²) in [5, 5.41) is 11.3. The Balaban J connectivity index is 1.53. The Bertz CT molecular complexity index is 971. The molecule has 164 valence electrons. The summed E-state index contributed by atoms with van der Waals surface area (Å²) >= 11 is 0. The van der Waals surface area contributed by atoms with Crippen LogP contribution in [0.2, 0.25) is 0 Å². The molecule has 2 aliphatic heterocycles. The van der Waals surface area contributed by atoms with Crippen molar-refractivity contribution in [1.82, 2.24) is 4.90 Å². The second-order valence-corrected chi connectivity index (χ2v) is 8.31. The number of nitrogens with zero attached hydrogens (tertiary/aromatic N) is 3. The fourth-order valence-corrected chi connectivity index (χ4v) is 4.08. The second-order valence-electron chi connectivity index (χ2n) is 8.31.